The summed E-state index contributed by atoms with van der Waals surface area (Å²) >= 11 is 0. The highest BCUT2D eigenvalue weighted by atomic mass is 32.2. The van der Waals surface area contributed by atoms with Crippen LogP contribution in [0, 0.1) is 11.7 Å². The molecule has 0 radical (unpaired) electrons. The molecular weight excluding hydrogens is 529 g/mol. The quantitative estimate of drug-likeness (QED) is 0.244. The van der Waals surface area contributed by atoms with E-state index in [2.05, 4.69) is 4.72 Å². The molecule has 2 atom stereocenters. The second kappa shape index (κ2) is 11.5. The normalized spacial score (nSPS) is 20.2. The number of ether oxygens (including phenoxy) is 1. The Balaban J connectivity index is 1.41. The Kier molecular flexibility index (Phi) is 7.99. The summed E-state index contributed by atoms with van der Waals surface area (Å²) in [5, 5.41) is 11.4. The molecule has 0 spiro atoms. The van der Waals surface area contributed by atoms with E-state index in [9.17, 15) is 22.7 Å². The average Bonchev–Trinajstić information content (AvgIpc) is 3.76. The third-order valence-corrected chi connectivity index (χ3v) is 9.17. The molecule has 6 nitrogen and oxygen atoms in total. The fraction of sp³-hybridized carbons (Fsp3) is 0.344. The summed E-state index contributed by atoms with van der Waals surface area (Å²) in [6.07, 6.45) is 4.87. The Morgan fingerprint density at radius 2 is 1.75 bits per heavy atom. The number of hydrogen-bond acceptors (Lipinski definition) is 5. The van der Waals surface area contributed by atoms with Crippen molar-refractivity contribution >= 4 is 21.7 Å². The van der Waals surface area contributed by atoms with Crippen molar-refractivity contribution in [2.24, 2.45) is 5.92 Å². The van der Waals surface area contributed by atoms with Crippen LogP contribution in [0.3, 0.4) is 0 Å². The van der Waals surface area contributed by atoms with Gasteiger partial charge in [-0.1, -0.05) is 55.8 Å². The lowest BCUT2D eigenvalue weighted by atomic mass is 9.79. The number of hydrogen-bond donors (Lipinski definition) is 2. The lowest BCUT2D eigenvalue weighted by molar-refractivity contribution is -0.161. The van der Waals surface area contributed by atoms with Crippen molar-refractivity contribution in [2.45, 2.75) is 68.3 Å². The fourth-order valence-corrected chi connectivity index (χ4v) is 6.77. The summed E-state index contributed by atoms with van der Waals surface area (Å²) in [5.41, 5.74) is 1.70. The molecule has 8 heteroatoms. The number of cyclic esters (lactones) is 1. The standard InChI is InChI=1S/C32H34FNO5S/c1-2-18-32(19-17-22-7-4-3-5-8-22)21-28(35)30(31(36)39-32)29(23-11-12-23)24-9-6-10-26(20-24)34-40(37,38)27-15-13-25(33)14-16-27/h3-10,13-16,20,23,29,34-35H,2,11-12,17-19,21H2,1H3. The molecule has 0 bridgehead atoms. The first-order valence-electron chi connectivity index (χ1n) is 13.8. The highest BCUT2D eigenvalue weighted by Crippen LogP contribution is 2.50. The minimum atomic E-state index is -3.94. The molecule has 1 fully saturated rings. The molecule has 3 aromatic rings. The van der Waals surface area contributed by atoms with Crippen molar-refractivity contribution in [1.29, 1.82) is 0 Å². The predicted molar refractivity (Wildman–Crippen MR) is 152 cm³/mol. The van der Waals surface area contributed by atoms with E-state index in [-0.39, 0.29) is 28.6 Å². The van der Waals surface area contributed by atoms with E-state index in [1.165, 1.54) is 12.1 Å². The predicted octanol–water partition coefficient (Wildman–Crippen LogP) is 7.05. The number of aliphatic hydroxyl groups is 1. The lowest BCUT2D eigenvalue weighted by Crippen LogP contribution is -2.42. The number of benzene rings is 3. The van der Waals surface area contributed by atoms with Gasteiger partial charge in [0, 0.05) is 18.0 Å². The molecular formula is C32H34FNO5S. The van der Waals surface area contributed by atoms with Gasteiger partial charge in [0.25, 0.3) is 10.0 Å². The van der Waals surface area contributed by atoms with E-state index in [1.54, 1.807) is 18.2 Å². The van der Waals surface area contributed by atoms with Crippen molar-refractivity contribution in [1.82, 2.24) is 0 Å². The van der Waals surface area contributed by atoms with Crippen molar-refractivity contribution in [3.05, 3.63) is 107 Å². The highest BCUT2D eigenvalue weighted by Gasteiger charge is 2.47. The molecule has 2 N–H and O–H groups in total. The molecule has 2 aliphatic rings. The molecule has 0 aromatic heterocycles. The second-order valence-corrected chi connectivity index (χ2v) is 12.5. The number of aryl methyl sites for hydroxylation is 1. The van der Waals surface area contributed by atoms with Gasteiger partial charge >= 0.3 is 5.97 Å². The van der Waals surface area contributed by atoms with Crippen LogP contribution in [0.15, 0.2) is 95.1 Å². The highest BCUT2D eigenvalue weighted by molar-refractivity contribution is 7.92. The van der Waals surface area contributed by atoms with Crippen LogP contribution in [-0.2, 0) is 26.0 Å². The number of sulfonamides is 1. The number of esters is 1. The fourth-order valence-electron chi connectivity index (χ4n) is 5.72. The van der Waals surface area contributed by atoms with Crippen LogP contribution in [-0.4, -0.2) is 25.1 Å². The van der Waals surface area contributed by atoms with Gasteiger partial charge in [0.1, 0.15) is 17.2 Å². The van der Waals surface area contributed by atoms with Crippen LogP contribution in [0.4, 0.5) is 10.1 Å². The van der Waals surface area contributed by atoms with E-state index < -0.39 is 33.3 Å². The number of anilines is 1. The number of rotatable bonds is 11. The first-order valence-corrected chi connectivity index (χ1v) is 15.3. The minimum absolute atomic E-state index is 0.0583. The van der Waals surface area contributed by atoms with Crippen LogP contribution >= 0.6 is 0 Å². The zero-order valence-corrected chi connectivity index (χ0v) is 23.3. The molecule has 1 aliphatic carbocycles. The largest absolute Gasteiger partial charge is 0.512 e. The molecule has 1 heterocycles. The summed E-state index contributed by atoms with van der Waals surface area (Å²) in [4.78, 5) is 13.5. The average molecular weight is 564 g/mol. The first kappa shape index (κ1) is 27.9. The monoisotopic (exact) mass is 563 g/mol. The van der Waals surface area contributed by atoms with Gasteiger partial charge in [0.05, 0.1) is 10.5 Å². The van der Waals surface area contributed by atoms with E-state index in [4.69, 9.17) is 4.74 Å². The summed E-state index contributed by atoms with van der Waals surface area (Å²) in [7, 11) is -3.94. The molecule has 0 amide bonds. The summed E-state index contributed by atoms with van der Waals surface area (Å²) in [6.45, 7) is 2.04. The Morgan fingerprint density at radius 1 is 1.02 bits per heavy atom. The minimum Gasteiger partial charge on any atom is -0.512 e. The van der Waals surface area contributed by atoms with Gasteiger partial charge in [-0.2, -0.15) is 0 Å². The van der Waals surface area contributed by atoms with Gasteiger partial charge in [0.2, 0.25) is 0 Å². The number of halogens is 1. The van der Waals surface area contributed by atoms with E-state index in [0.29, 0.717) is 18.5 Å². The molecule has 5 rings (SSSR count). The number of aliphatic hydroxyl groups excluding tert-OH is 1. The van der Waals surface area contributed by atoms with Gasteiger partial charge < -0.3 is 9.84 Å². The van der Waals surface area contributed by atoms with Crippen molar-refractivity contribution in [2.75, 3.05) is 4.72 Å². The maximum absolute atomic E-state index is 13.6. The van der Waals surface area contributed by atoms with Crippen LogP contribution in [0.5, 0.6) is 0 Å². The number of carbonyl (C=O) groups is 1. The van der Waals surface area contributed by atoms with Crippen molar-refractivity contribution in [3.63, 3.8) is 0 Å². The van der Waals surface area contributed by atoms with Gasteiger partial charge in [-0.3, -0.25) is 4.72 Å². The Morgan fingerprint density at radius 3 is 2.40 bits per heavy atom. The Hall–Kier alpha value is -3.65. The smallest absolute Gasteiger partial charge is 0.338 e. The van der Waals surface area contributed by atoms with Crippen LogP contribution in [0.25, 0.3) is 0 Å². The molecule has 210 valence electrons. The maximum Gasteiger partial charge on any atom is 0.338 e. The summed E-state index contributed by atoms with van der Waals surface area (Å²) in [5.74, 6) is -1.22. The van der Waals surface area contributed by atoms with Gasteiger partial charge in [-0.05, 0) is 85.5 Å². The SMILES string of the molecule is CCCC1(CCc2ccccc2)CC(O)=C(C(c2cccc(NS(=O)(=O)c3ccc(F)cc3)c2)C2CC2)C(=O)O1. The zero-order chi connectivity index (χ0) is 28.3. The topological polar surface area (TPSA) is 92.7 Å². The van der Waals surface area contributed by atoms with Crippen LogP contribution in [0.2, 0.25) is 0 Å². The van der Waals surface area contributed by atoms with E-state index in [1.807, 2.05) is 43.3 Å². The van der Waals surface area contributed by atoms with E-state index in [0.717, 1.165) is 48.9 Å². The van der Waals surface area contributed by atoms with E-state index >= 15 is 0 Å². The molecule has 3 aromatic carbocycles. The third kappa shape index (κ3) is 6.22. The molecule has 0 saturated heterocycles. The number of carbonyl (C=O) groups excluding carboxylic acids is 1. The van der Waals surface area contributed by atoms with Gasteiger partial charge in [-0.25, -0.2) is 17.6 Å². The summed E-state index contributed by atoms with van der Waals surface area (Å²) < 4.78 is 47.8. The number of nitrogens with one attached hydrogen (secondary N) is 1. The zero-order valence-electron chi connectivity index (χ0n) is 22.5. The molecule has 1 saturated carbocycles. The first-order chi connectivity index (χ1) is 19.2. The Labute approximate surface area is 234 Å². The third-order valence-electron chi connectivity index (χ3n) is 7.77. The summed E-state index contributed by atoms with van der Waals surface area (Å²) in [6, 6.07) is 21.5. The van der Waals surface area contributed by atoms with Gasteiger partial charge in [-0.15, -0.1) is 0 Å². The van der Waals surface area contributed by atoms with Crippen LogP contribution in [0.1, 0.15) is 62.5 Å². The molecule has 2 unspecified atom stereocenters. The van der Waals surface area contributed by atoms with Crippen molar-refractivity contribution < 1.29 is 27.4 Å². The molecule has 1 aliphatic heterocycles. The lowest BCUT2D eigenvalue weighted by Gasteiger charge is -2.39. The van der Waals surface area contributed by atoms with Gasteiger partial charge in [0.15, 0.2) is 0 Å². The Bertz CT molecular complexity index is 1500. The van der Waals surface area contributed by atoms with Crippen LogP contribution < -0.4 is 4.72 Å². The molecule has 40 heavy (non-hydrogen) atoms. The maximum atomic E-state index is 13.6. The van der Waals surface area contributed by atoms with Crippen molar-refractivity contribution in [3.8, 4) is 0 Å². The second-order valence-electron chi connectivity index (χ2n) is 10.8.